The van der Waals surface area contributed by atoms with Crippen LogP contribution in [0.5, 0.6) is 0 Å². The number of nitrogens with one attached hydrogen (secondary N) is 1. The molecule has 2 saturated heterocycles. The summed E-state index contributed by atoms with van der Waals surface area (Å²) in [6.45, 7) is 33.0. The third-order valence-electron chi connectivity index (χ3n) is 19.6. The predicted molar refractivity (Wildman–Crippen MR) is 361 cm³/mol. The van der Waals surface area contributed by atoms with E-state index in [0.29, 0.717) is 19.4 Å². The average molecular weight is 1300 g/mol. The number of amides is 8. The SMILES string of the molecule is C/C=C/C[C@@H](C)[C@@H](O)[C@H]1C(=O)N[C@@H](CC)C(=O)N(C)[C@H](C)C(=O)N(C)C([C@H](C)CCN2CCCCC2)C(=O)C[C@@H](C(C)C)C(=O)N(C)[C@@H](CC(C)C)C(=O)C[C@@H](C)C(=O)C[C@H](C)C(=O)N(C)[C@@H](CC(C)C)C(=O)N(C)[C@@H](CC(C)C)C(=O)N(C)[C@@H](C(C)C)C(=O)N1C. The van der Waals surface area contributed by atoms with Crippen molar-refractivity contribution in [3.05, 3.63) is 12.2 Å². The second kappa shape index (κ2) is 38.1. The van der Waals surface area contributed by atoms with Crippen LogP contribution in [0.3, 0.4) is 0 Å². The van der Waals surface area contributed by atoms with Gasteiger partial charge in [-0.3, -0.25) is 52.7 Å². The minimum absolute atomic E-state index is 0.0328. The molecule has 2 fully saturated rings. The molecule has 0 aromatic heterocycles. The molecule has 526 valence electrons. The first-order chi connectivity index (χ1) is 42.7. The third kappa shape index (κ3) is 22.6. The average Bonchev–Trinajstić information content (AvgIpc) is 0.865. The van der Waals surface area contributed by atoms with Crippen LogP contribution < -0.4 is 5.32 Å². The van der Waals surface area contributed by atoms with E-state index in [4.69, 9.17) is 0 Å². The molecule has 0 aromatic rings. The Morgan fingerprint density at radius 2 is 0.957 bits per heavy atom. The number of carbonyl (C=O) groups is 11. The number of likely N-dealkylation sites (tertiary alicyclic amines) is 1. The molecule has 2 N–H and O–H groups in total. The Hall–Kier alpha value is -5.57. The number of aliphatic hydroxyl groups is 1. The number of Topliss-reactive ketones (excluding diaryl/α,β-unsaturated/α-hetero) is 3. The summed E-state index contributed by atoms with van der Waals surface area (Å²) >= 11 is 0. The lowest BCUT2D eigenvalue weighted by atomic mass is 9.82. The van der Waals surface area contributed by atoms with Gasteiger partial charge in [0.2, 0.25) is 47.3 Å². The van der Waals surface area contributed by atoms with Crippen molar-refractivity contribution in [3.8, 4) is 0 Å². The quantitative estimate of drug-likeness (QED) is 0.135. The largest absolute Gasteiger partial charge is 0.390 e. The number of ketones is 3. The maximum atomic E-state index is 15.3. The summed E-state index contributed by atoms with van der Waals surface area (Å²) in [5, 5.41) is 15.1. The highest BCUT2D eigenvalue weighted by atomic mass is 16.3. The van der Waals surface area contributed by atoms with Gasteiger partial charge in [-0.2, -0.15) is 0 Å². The van der Waals surface area contributed by atoms with Crippen LogP contribution in [-0.2, 0) is 52.7 Å². The number of piperidine rings is 1. The highest BCUT2D eigenvalue weighted by Crippen LogP contribution is 2.30. The van der Waals surface area contributed by atoms with Crippen molar-refractivity contribution in [2.45, 2.75) is 249 Å². The lowest BCUT2D eigenvalue weighted by molar-refractivity contribution is -0.157. The van der Waals surface area contributed by atoms with E-state index in [-0.39, 0.29) is 80.0 Å². The van der Waals surface area contributed by atoms with Gasteiger partial charge in [-0.05, 0) is 126 Å². The van der Waals surface area contributed by atoms with E-state index in [2.05, 4.69) is 10.2 Å². The first kappa shape index (κ1) is 82.5. The van der Waals surface area contributed by atoms with Gasteiger partial charge < -0.3 is 49.6 Å². The van der Waals surface area contributed by atoms with E-state index >= 15 is 33.6 Å². The fourth-order valence-electron chi connectivity index (χ4n) is 13.3. The zero-order valence-corrected chi connectivity index (χ0v) is 61.2. The number of aliphatic hydroxyl groups excluding tert-OH is 1. The van der Waals surface area contributed by atoms with E-state index in [1.165, 1.54) is 71.7 Å². The van der Waals surface area contributed by atoms with Gasteiger partial charge in [-0.15, -0.1) is 0 Å². The van der Waals surface area contributed by atoms with Crippen molar-refractivity contribution >= 4 is 64.6 Å². The van der Waals surface area contributed by atoms with Gasteiger partial charge in [0.15, 0.2) is 11.6 Å². The molecular weight excluding hydrogens is 1170 g/mol. The topological polar surface area (TPSA) is 246 Å². The molecule has 2 rings (SSSR count). The minimum Gasteiger partial charge on any atom is -0.390 e. The molecule has 0 saturated carbocycles. The first-order valence-corrected chi connectivity index (χ1v) is 34.5. The second-order valence-electron chi connectivity index (χ2n) is 29.4. The maximum absolute atomic E-state index is 15.3. The predicted octanol–water partition coefficient (Wildman–Crippen LogP) is 7.40. The summed E-state index contributed by atoms with van der Waals surface area (Å²) in [6.07, 6.45) is 6.16. The number of likely N-dealkylation sites (N-methyl/N-ethyl adjacent to an activating group) is 7. The van der Waals surface area contributed by atoms with Gasteiger partial charge in [-0.25, -0.2) is 0 Å². The summed E-state index contributed by atoms with van der Waals surface area (Å²) in [4.78, 5) is 175. The van der Waals surface area contributed by atoms with Crippen LogP contribution >= 0.6 is 0 Å². The van der Waals surface area contributed by atoms with Gasteiger partial charge in [0.05, 0.1) is 18.2 Å². The van der Waals surface area contributed by atoms with Gasteiger partial charge in [0.1, 0.15) is 42.0 Å². The Balaban J connectivity index is 3.04. The molecule has 0 aromatic carbocycles. The molecule has 1 unspecified atom stereocenters. The molecule has 0 bridgehead atoms. The number of nitrogens with zero attached hydrogens (tertiary/aromatic N) is 8. The van der Waals surface area contributed by atoms with Crippen LogP contribution in [0.4, 0.5) is 0 Å². The second-order valence-corrected chi connectivity index (χ2v) is 29.4. The summed E-state index contributed by atoms with van der Waals surface area (Å²) < 4.78 is 0. The summed E-state index contributed by atoms with van der Waals surface area (Å²) in [5.74, 6) is -10.9. The van der Waals surface area contributed by atoms with E-state index in [9.17, 15) is 24.3 Å². The van der Waals surface area contributed by atoms with Crippen LogP contribution in [0.2, 0.25) is 0 Å². The highest BCUT2D eigenvalue weighted by molar-refractivity contribution is 6.00. The molecule has 21 nitrogen and oxygen atoms in total. The van der Waals surface area contributed by atoms with Gasteiger partial charge in [-0.1, -0.05) is 122 Å². The van der Waals surface area contributed by atoms with Gasteiger partial charge in [0.25, 0.3) is 0 Å². The Kier molecular flexibility index (Phi) is 34.2. The van der Waals surface area contributed by atoms with Crippen molar-refractivity contribution in [2.75, 3.05) is 69.0 Å². The van der Waals surface area contributed by atoms with Crippen LogP contribution in [0, 0.1) is 59.2 Å². The van der Waals surface area contributed by atoms with Gasteiger partial charge >= 0.3 is 0 Å². The minimum atomic E-state index is -1.61. The first-order valence-electron chi connectivity index (χ1n) is 34.5. The fourth-order valence-corrected chi connectivity index (χ4v) is 13.3. The van der Waals surface area contributed by atoms with E-state index in [0.717, 1.165) is 37.3 Å². The molecule has 8 amide bonds. The maximum Gasteiger partial charge on any atom is 0.246 e. The summed E-state index contributed by atoms with van der Waals surface area (Å²) in [6, 6.07) is -9.52. The van der Waals surface area contributed by atoms with Crippen molar-refractivity contribution < 1.29 is 57.8 Å². The lowest BCUT2D eigenvalue weighted by Gasteiger charge is -2.41. The summed E-state index contributed by atoms with van der Waals surface area (Å²) in [5.41, 5.74) is 0. The zero-order chi connectivity index (χ0) is 70.7. The molecule has 0 spiro atoms. The van der Waals surface area contributed by atoms with Gasteiger partial charge in [0, 0.05) is 86.3 Å². The number of allylic oxidation sites excluding steroid dienone is 2. The Bertz CT molecular complexity index is 2510. The van der Waals surface area contributed by atoms with Crippen LogP contribution in [0.1, 0.15) is 195 Å². The molecule has 0 radical (unpaired) electrons. The Labute approximate surface area is 554 Å². The van der Waals surface area contributed by atoms with E-state index in [1.54, 1.807) is 61.6 Å². The smallest absolute Gasteiger partial charge is 0.246 e. The molecule has 14 atom stereocenters. The molecule has 2 aliphatic heterocycles. The van der Waals surface area contributed by atoms with E-state index in [1.807, 2.05) is 75.3 Å². The number of hydrogen-bond donors (Lipinski definition) is 2. The van der Waals surface area contributed by atoms with Crippen molar-refractivity contribution in [2.24, 2.45) is 59.2 Å². The Morgan fingerprint density at radius 1 is 0.489 bits per heavy atom. The van der Waals surface area contributed by atoms with Crippen molar-refractivity contribution in [1.82, 2.24) is 44.5 Å². The van der Waals surface area contributed by atoms with Crippen molar-refractivity contribution in [1.29, 1.82) is 0 Å². The standard InChI is InChI=1S/C71H125N9O12/c1-25-27-31-48(14)63(84)62-64(85)72-53(26-2)68(89)73(18)51(17)66(87)78(23)61(47(13)32-35-80-33-29-28-30-34-80)59(83)41-52(45(9)10)67(88)74(19)54(36-42(3)4)58(82)39-49(15)57(81)40-50(16)65(86)75(20)55(37-43(5)6)69(90)76(21)56(38-44(7)8)70(91)77(22)60(46(11)12)71(92)79(62)24/h25,27,42-56,60-63,84H,26,28-41H2,1-24H3,(H,72,85)/b27-25+/t47-,48-,49-,50+,51-,52+,53+,54+,55+,56+,60+,61?,62+,63-/m1/s1. The zero-order valence-electron chi connectivity index (χ0n) is 61.2. The fraction of sp³-hybridized carbons (Fsp3) is 0.817. The molecule has 0 aliphatic carbocycles. The summed E-state index contributed by atoms with van der Waals surface area (Å²) in [7, 11) is 10.4. The monoisotopic (exact) mass is 1300 g/mol. The van der Waals surface area contributed by atoms with Crippen LogP contribution in [0.25, 0.3) is 0 Å². The van der Waals surface area contributed by atoms with Crippen LogP contribution in [0.15, 0.2) is 12.2 Å². The molecule has 2 aliphatic rings. The third-order valence-corrected chi connectivity index (χ3v) is 19.6. The number of hydrogen-bond acceptors (Lipinski definition) is 13. The molecule has 92 heavy (non-hydrogen) atoms. The van der Waals surface area contributed by atoms with Crippen LogP contribution in [-0.4, -0.2) is 232 Å². The number of rotatable bonds is 17. The molecule has 2 heterocycles. The lowest BCUT2D eigenvalue weighted by Crippen LogP contribution is -2.63. The number of carbonyl (C=O) groups excluding carboxylic acids is 11. The van der Waals surface area contributed by atoms with Crippen molar-refractivity contribution in [3.63, 3.8) is 0 Å². The highest BCUT2D eigenvalue weighted by Gasteiger charge is 2.46. The molecule has 21 heteroatoms. The normalized spacial score (nSPS) is 28.3. The van der Waals surface area contributed by atoms with E-state index < -0.39 is 143 Å². The Morgan fingerprint density at radius 3 is 1.45 bits per heavy atom. The molecular formula is C71H125N9O12.